The topological polar surface area (TPSA) is 90.5 Å². The number of carbonyl (C=O) groups is 1. The van der Waals surface area contributed by atoms with Gasteiger partial charge in [-0.3, -0.25) is 14.9 Å². The predicted molar refractivity (Wildman–Crippen MR) is 138 cm³/mol. The number of hydrogen-bond acceptors (Lipinski definition) is 5. The minimum absolute atomic E-state index is 0.00415. The summed E-state index contributed by atoms with van der Waals surface area (Å²) in [7, 11) is 1.61. The summed E-state index contributed by atoms with van der Waals surface area (Å²) in [6, 6.07) is 23.4. The van der Waals surface area contributed by atoms with Crippen LogP contribution in [0, 0.1) is 10.1 Å². The van der Waals surface area contributed by atoms with Gasteiger partial charge in [-0.25, -0.2) is 4.68 Å². The second kappa shape index (κ2) is 11.1. The van der Waals surface area contributed by atoms with E-state index in [0.717, 1.165) is 22.6 Å². The van der Waals surface area contributed by atoms with E-state index in [0.29, 0.717) is 24.3 Å². The first-order valence-electron chi connectivity index (χ1n) is 11.4. The molecule has 0 spiro atoms. The van der Waals surface area contributed by atoms with Crippen LogP contribution in [0.15, 0.2) is 97.7 Å². The first kappa shape index (κ1) is 24.4. The second-order valence-corrected chi connectivity index (χ2v) is 8.17. The van der Waals surface area contributed by atoms with Crippen molar-refractivity contribution in [1.82, 2.24) is 14.7 Å². The Kier molecular flexibility index (Phi) is 7.55. The maximum atomic E-state index is 13.4. The van der Waals surface area contributed by atoms with Gasteiger partial charge in [-0.05, 0) is 42.0 Å². The molecule has 1 heterocycles. The fourth-order valence-corrected chi connectivity index (χ4v) is 3.87. The number of nitro benzene ring substituents is 1. The lowest BCUT2D eigenvalue weighted by Crippen LogP contribution is -2.32. The Labute approximate surface area is 209 Å². The van der Waals surface area contributed by atoms with Crippen molar-refractivity contribution in [2.45, 2.75) is 13.0 Å². The van der Waals surface area contributed by atoms with Gasteiger partial charge >= 0.3 is 0 Å². The molecule has 0 fully saturated rings. The van der Waals surface area contributed by atoms with Gasteiger partial charge in [0.15, 0.2) is 0 Å². The molecule has 0 atom stereocenters. The molecule has 0 aliphatic carbocycles. The third kappa shape index (κ3) is 5.67. The lowest BCUT2D eigenvalue weighted by molar-refractivity contribution is -0.384. The van der Waals surface area contributed by atoms with Crippen LogP contribution >= 0.6 is 0 Å². The third-order valence-corrected chi connectivity index (χ3v) is 5.74. The number of nitro groups is 1. The lowest BCUT2D eigenvalue weighted by Gasteiger charge is -2.21. The summed E-state index contributed by atoms with van der Waals surface area (Å²) >= 11 is 0. The Morgan fingerprint density at radius 1 is 1.08 bits per heavy atom. The van der Waals surface area contributed by atoms with Crippen molar-refractivity contribution >= 4 is 11.6 Å². The van der Waals surface area contributed by atoms with Crippen LogP contribution in [-0.2, 0) is 17.8 Å². The fourth-order valence-electron chi connectivity index (χ4n) is 3.87. The molecule has 8 heteroatoms. The van der Waals surface area contributed by atoms with Crippen LogP contribution in [0.2, 0.25) is 0 Å². The molecule has 0 unspecified atom stereocenters. The average molecular weight is 483 g/mol. The number of aromatic nitrogens is 2. The summed E-state index contributed by atoms with van der Waals surface area (Å²) in [5.74, 6) is 0.669. The standard InChI is InChI=1S/C28H26N4O4/c1-3-17-30(19-21-9-15-26(36-2)16-10-21)27(33)18-23-20-31(24-7-5-4-6-8-24)29-28(23)22-11-13-25(14-12-22)32(34)35/h3-16,20H,1,17-19H2,2H3. The SMILES string of the molecule is C=CCN(Cc1ccc(OC)cc1)C(=O)Cc1cn(-c2ccccc2)nc1-c1ccc([N+](=O)[O-])cc1. The van der Waals surface area contributed by atoms with Crippen LogP contribution in [0.25, 0.3) is 16.9 Å². The number of rotatable bonds is 10. The Hall–Kier alpha value is -4.72. The largest absolute Gasteiger partial charge is 0.497 e. The molecular formula is C28H26N4O4. The summed E-state index contributed by atoms with van der Waals surface area (Å²) in [6.07, 6.45) is 3.65. The molecule has 0 saturated heterocycles. The van der Waals surface area contributed by atoms with Crippen LogP contribution in [0.5, 0.6) is 5.75 Å². The molecular weight excluding hydrogens is 456 g/mol. The van der Waals surface area contributed by atoms with Crippen LogP contribution in [0.3, 0.4) is 0 Å². The zero-order chi connectivity index (χ0) is 25.5. The van der Waals surface area contributed by atoms with Crippen molar-refractivity contribution < 1.29 is 14.5 Å². The van der Waals surface area contributed by atoms with Gasteiger partial charge in [-0.2, -0.15) is 5.10 Å². The maximum absolute atomic E-state index is 13.4. The molecule has 1 aromatic heterocycles. The molecule has 3 aromatic carbocycles. The Balaban J connectivity index is 1.64. The zero-order valence-corrected chi connectivity index (χ0v) is 19.9. The predicted octanol–water partition coefficient (Wildman–Crippen LogP) is 5.21. The van der Waals surface area contributed by atoms with E-state index in [2.05, 4.69) is 6.58 Å². The van der Waals surface area contributed by atoms with Crippen molar-refractivity contribution in [2.24, 2.45) is 0 Å². The van der Waals surface area contributed by atoms with Gasteiger partial charge in [0.1, 0.15) is 5.75 Å². The summed E-state index contributed by atoms with van der Waals surface area (Å²) in [5.41, 5.74) is 3.84. The number of amides is 1. The molecule has 182 valence electrons. The van der Waals surface area contributed by atoms with Crippen molar-refractivity contribution in [3.05, 3.63) is 119 Å². The number of nitrogens with zero attached hydrogens (tertiary/aromatic N) is 4. The van der Waals surface area contributed by atoms with E-state index in [1.807, 2.05) is 60.8 Å². The van der Waals surface area contributed by atoms with E-state index in [1.54, 1.807) is 34.9 Å². The number of para-hydroxylation sites is 1. The molecule has 0 radical (unpaired) electrons. The summed E-state index contributed by atoms with van der Waals surface area (Å²) < 4.78 is 6.94. The summed E-state index contributed by atoms with van der Waals surface area (Å²) in [4.78, 5) is 25.8. The number of methoxy groups -OCH3 is 1. The minimum Gasteiger partial charge on any atom is -0.497 e. The van der Waals surface area contributed by atoms with Gasteiger partial charge in [-0.15, -0.1) is 6.58 Å². The fraction of sp³-hybridized carbons (Fsp3) is 0.143. The number of carbonyl (C=O) groups excluding carboxylic acids is 1. The maximum Gasteiger partial charge on any atom is 0.269 e. The van der Waals surface area contributed by atoms with E-state index in [9.17, 15) is 14.9 Å². The van der Waals surface area contributed by atoms with Gasteiger partial charge < -0.3 is 9.64 Å². The molecule has 0 aliphatic rings. The van der Waals surface area contributed by atoms with E-state index >= 15 is 0 Å². The molecule has 4 rings (SSSR count). The Bertz CT molecular complexity index is 1350. The van der Waals surface area contributed by atoms with E-state index in [4.69, 9.17) is 9.84 Å². The second-order valence-electron chi connectivity index (χ2n) is 8.17. The van der Waals surface area contributed by atoms with E-state index in [1.165, 1.54) is 12.1 Å². The first-order valence-corrected chi connectivity index (χ1v) is 11.4. The molecule has 1 amide bonds. The highest BCUT2D eigenvalue weighted by Gasteiger charge is 2.20. The van der Waals surface area contributed by atoms with Gasteiger partial charge in [0.2, 0.25) is 5.91 Å². The molecule has 0 saturated carbocycles. The summed E-state index contributed by atoms with van der Waals surface area (Å²) in [6.45, 7) is 4.62. The zero-order valence-electron chi connectivity index (χ0n) is 19.9. The van der Waals surface area contributed by atoms with Crippen molar-refractivity contribution in [1.29, 1.82) is 0 Å². The van der Waals surface area contributed by atoms with Crippen LogP contribution in [0.1, 0.15) is 11.1 Å². The first-order chi connectivity index (χ1) is 17.5. The van der Waals surface area contributed by atoms with Crippen LogP contribution in [-0.4, -0.2) is 39.2 Å². The monoisotopic (exact) mass is 482 g/mol. The third-order valence-electron chi connectivity index (χ3n) is 5.74. The van der Waals surface area contributed by atoms with Crippen molar-refractivity contribution in [3.8, 4) is 22.7 Å². The van der Waals surface area contributed by atoms with Gasteiger partial charge in [0.25, 0.3) is 5.69 Å². The smallest absolute Gasteiger partial charge is 0.269 e. The number of non-ortho nitro benzene ring substituents is 1. The van der Waals surface area contributed by atoms with Crippen LogP contribution in [0.4, 0.5) is 5.69 Å². The van der Waals surface area contributed by atoms with Crippen LogP contribution < -0.4 is 4.74 Å². The molecule has 36 heavy (non-hydrogen) atoms. The Morgan fingerprint density at radius 2 is 1.78 bits per heavy atom. The van der Waals surface area contributed by atoms with E-state index in [-0.39, 0.29) is 18.0 Å². The average Bonchev–Trinajstić information content (AvgIpc) is 3.33. The molecule has 0 bridgehead atoms. The number of ether oxygens (including phenoxy) is 1. The highest BCUT2D eigenvalue weighted by molar-refractivity contribution is 5.81. The van der Waals surface area contributed by atoms with Crippen molar-refractivity contribution in [3.63, 3.8) is 0 Å². The summed E-state index contributed by atoms with van der Waals surface area (Å²) in [5, 5.41) is 15.8. The lowest BCUT2D eigenvalue weighted by atomic mass is 10.0. The van der Waals surface area contributed by atoms with Gasteiger partial charge in [0.05, 0.1) is 29.8 Å². The van der Waals surface area contributed by atoms with Crippen molar-refractivity contribution in [2.75, 3.05) is 13.7 Å². The van der Waals surface area contributed by atoms with Gasteiger partial charge in [-0.1, -0.05) is 36.4 Å². The number of benzene rings is 3. The molecule has 4 aromatic rings. The molecule has 0 aliphatic heterocycles. The highest BCUT2D eigenvalue weighted by atomic mass is 16.6. The van der Waals surface area contributed by atoms with E-state index < -0.39 is 4.92 Å². The normalized spacial score (nSPS) is 10.6. The number of hydrogen-bond donors (Lipinski definition) is 0. The minimum atomic E-state index is -0.441. The molecule has 8 nitrogen and oxygen atoms in total. The Morgan fingerprint density at radius 3 is 2.39 bits per heavy atom. The quantitative estimate of drug-likeness (QED) is 0.176. The molecule has 0 N–H and O–H groups in total. The highest BCUT2D eigenvalue weighted by Crippen LogP contribution is 2.27. The van der Waals surface area contributed by atoms with Gasteiger partial charge in [0, 0.05) is 42.5 Å².